The van der Waals surface area contributed by atoms with Gasteiger partial charge in [-0.05, 0) is 43.2 Å². The number of ether oxygens (including phenoxy) is 2. The molecule has 0 saturated carbocycles. The standard InChI is InChI=1S/C30H36F3N5O6S/c1-43-17-22(39)16-37-11-8-21(9-12-37)36-29(40)24-13-20(14-26-28(24)35-19-38(26)18-30(31,32)33)5-4-10-34-25-15-23(45(3,41)42)6-7-27(25)44-2/h6-7,13-15,19,21-22,34,39H,8-12,16-18H2,1-3H3,(H,36,40). The largest absolute Gasteiger partial charge is 0.495 e. The van der Waals surface area contributed by atoms with Crippen LogP contribution in [-0.2, 0) is 21.1 Å². The Morgan fingerprint density at radius 1 is 1.20 bits per heavy atom. The van der Waals surface area contributed by atoms with E-state index in [1.54, 1.807) is 0 Å². The Kier molecular flexibility index (Phi) is 11.0. The molecule has 0 bridgehead atoms. The molecule has 1 saturated heterocycles. The number of alkyl halides is 3. The second-order valence-electron chi connectivity index (χ2n) is 10.8. The first-order chi connectivity index (χ1) is 21.3. The van der Waals surface area contributed by atoms with E-state index in [4.69, 9.17) is 9.47 Å². The number of fused-ring (bicyclic) bond motifs is 1. The molecule has 1 aromatic heterocycles. The van der Waals surface area contributed by atoms with Crippen molar-refractivity contribution in [1.29, 1.82) is 0 Å². The van der Waals surface area contributed by atoms with Gasteiger partial charge in [0.05, 0.1) is 54.4 Å². The minimum absolute atomic E-state index is 0.0443. The molecule has 1 fully saturated rings. The maximum absolute atomic E-state index is 13.4. The molecular weight excluding hydrogens is 615 g/mol. The fourth-order valence-electron chi connectivity index (χ4n) is 5.14. The van der Waals surface area contributed by atoms with Crippen LogP contribution in [0.2, 0.25) is 0 Å². The van der Waals surface area contributed by atoms with Crippen molar-refractivity contribution in [3.63, 3.8) is 0 Å². The first kappa shape index (κ1) is 34.0. The number of aliphatic hydroxyl groups is 1. The molecule has 244 valence electrons. The lowest BCUT2D eigenvalue weighted by molar-refractivity contribution is -0.139. The maximum atomic E-state index is 13.4. The van der Waals surface area contributed by atoms with Crippen molar-refractivity contribution < 1.29 is 41.0 Å². The Labute approximate surface area is 259 Å². The fraction of sp³-hybridized carbons (Fsp3) is 0.467. The van der Waals surface area contributed by atoms with Gasteiger partial charge in [-0.2, -0.15) is 13.2 Å². The highest BCUT2D eigenvalue weighted by molar-refractivity contribution is 7.90. The third-order valence-corrected chi connectivity index (χ3v) is 8.38. The van der Waals surface area contributed by atoms with Crippen LogP contribution in [-0.4, -0.2) is 105 Å². The Morgan fingerprint density at radius 2 is 1.93 bits per heavy atom. The van der Waals surface area contributed by atoms with Crippen molar-refractivity contribution in [3.05, 3.63) is 47.8 Å². The number of benzene rings is 2. The summed E-state index contributed by atoms with van der Waals surface area (Å²) in [4.78, 5) is 19.7. The summed E-state index contributed by atoms with van der Waals surface area (Å²) in [6.45, 7) is 0.746. The molecule has 1 aliphatic rings. The number of hydrogen-bond donors (Lipinski definition) is 3. The minimum atomic E-state index is -4.51. The van der Waals surface area contributed by atoms with Crippen molar-refractivity contribution in [3.8, 4) is 17.6 Å². The smallest absolute Gasteiger partial charge is 0.406 e. The van der Waals surface area contributed by atoms with Crippen LogP contribution in [0.5, 0.6) is 5.75 Å². The number of β-amino-alcohol motifs (C(OH)–C–C–N with tert-alkyl or cyclic N) is 1. The quantitative estimate of drug-likeness (QED) is 0.268. The third-order valence-electron chi connectivity index (χ3n) is 7.27. The summed E-state index contributed by atoms with van der Waals surface area (Å²) in [5.74, 6) is 5.69. The number of methoxy groups -OCH3 is 2. The summed E-state index contributed by atoms with van der Waals surface area (Å²) < 4.78 is 75.0. The number of hydrogen-bond acceptors (Lipinski definition) is 9. The summed E-state index contributed by atoms with van der Waals surface area (Å²) in [5, 5.41) is 16.0. The molecule has 0 spiro atoms. The molecule has 0 radical (unpaired) electrons. The van der Waals surface area contributed by atoms with E-state index in [1.165, 1.54) is 44.6 Å². The van der Waals surface area contributed by atoms with Crippen LogP contribution >= 0.6 is 0 Å². The van der Waals surface area contributed by atoms with Gasteiger partial charge in [0.15, 0.2) is 9.84 Å². The van der Waals surface area contributed by atoms with Crippen LogP contribution in [0.1, 0.15) is 28.8 Å². The molecule has 11 nitrogen and oxygen atoms in total. The molecule has 0 aliphatic carbocycles. The van der Waals surface area contributed by atoms with E-state index in [2.05, 4.69) is 32.4 Å². The highest BCUT2D eigenvalue weighted by Gasteiger charge is 2.30. The van der Waals surface area contributed by atoms with Gasteiger partial charge in [0.1, 0.15) is 17.8 Å². The van der Waals surface area contributed by atoms with Crippen LogP contribution in [0, 0.1) is 11.8 Å². The molecule has 3 aromatic rings. The molecule has 1 atom stereocenters. The van der Waals surface area contributed by atoms with E-state index in [9.17, 15) is 31.5 Å². The molecule has 2 heterocycles. The van der Waals surface area contributed by atoms with Gasteiger partial charge in [-0.15, -0.1) is 0 Å². The summed E-state index contributed by atoms with van der Waals surface area (Å²) in [7, 11) is -0.506. The molecule has 15 heteroatoms. The lowest BCUT2D eigenvalue weighted by atomic mass is 10.0. The molecule has 45 heavy (non-hydrogen) atoms. The summed E-state index contributed by atoms with van der Waals surface area (Å²) in [5.41, 5.74) is 1.04. The molecule has 1 aliphatic heterocycles. The monoisotopic (exact) mass is 651 g/mol. The zero-order valence-electron chi connectivity index (χ0n) is 25.1. The number of piperidine rings is 1. The van der Waals surface area contributed by atoms with Gasteiger partial charge >= 0.3 is 6.18 Å². The van der Waals surface area contributed by atoms with Crippen molar-refractivity contribution in [2.24, 2.45) is 0 Å². The summed E-state index contributed by atoms with van der Waals surface area (Å²) in [6, 6.07) is 7.14. The maximum Gasteiger partial charge on any atom is 0.406 e. The van der Waals surface area contributed by atoms with E-state index in [-0.39, 0.29) is 40.7 Å². The second-order valence-corrected chi connectivity index (χ2v) is 12.8. The van der Waals surface area contributed by atoms with Crippen LogP contribution in [0.4, 0.5) is 18.9 Å². The highest BCUT2D eigenvalue weighted by Crippen LogP contribution is 2.28. The van der Waals surface area contributed by atoms with Gasteiger partial charge < -0.3 is 34.7 Å². The predicted molar refractivity (Wildman–Crippen MR) is 162 cm³/mol. The number of halogens is 3. The Morgan fingerprint density at radius 3 is 2.58 bits per heavy atom. The molecule has 1 unspecified atom stereocenters. The third kappa shape index (κ3) is 9.33. The van der Waals surface area contributed by atoms with E-state index in [1.807, 2.05) is 0 Å². The molecule has 3 N–H and O–H groups in total. The zero-order valence-corrected chi connectivity index (χ0v) is 26.0. The number of sulfone groups is 1. The normalized spacial score (nSPS) is 15.4. The van der Waals surface area contributed by atoms with Crippen molar-refractivity contribution in [2.45, 2.75) is 42.6 Å². The molecule has 1 amide bonds. The first-order valence-corrected chi connectivity index (χ1v) is 16.0. The van der Waals surface area contributed by atoms with E-state index < -0.39 is 34.6 Å². The van der Waals surface area contributed by atoms with Crippen molar-refractivity contribution in [2.75, 3.05) is 58.6 Å². The summed E-state index contributed by atoms with van der Waals surface area (Å²) >= 11 is 0. The van der Waals surface area contributed by atoms with Crippen LogP contribution in [0.3, 0.4) is 0 Å². The van der Waals surface area contributed by atoms with Gasteiger partial charge in [0.2, 0.25) is 0 Å². The van der Waals surface area contributed by atoms with Crippen LogP contribution in [0.15, 0.2) is 41.6 Å². The number of likely N-dealkylation sites (tertiary alicyclic amines) is 1. The molecule has 2 aromatic carbocycles. The highest BCUT2D eigenvalue weighted by atomic mass is 32.2. The minimum Gasteiger partial charge on any atom is -0.495 e. The first-order valence-electron chi connectivity index (χ1n) is 14.1. The number of rotatable bonds is 11. The topological polar surface area (TPSA) is 135 Å². The van der Waals surface area contributed by atoms with Gasteiger partial charge in [-0.1, -0.05) is 11.8 Å². The predicted octanol–water partition coefficient (Wildman–Crippen LogP) is 2.68. The molecular formula is C30H36F3N5O6S. The number of amides is 1. The van der Waals surface area contributed by atoms with E-state index in [0.717, 1.165) is 17.2 Å². The number of carbonyl (C=O) groups excluding carboxylic acids is 1. The number of anilines is 1. The van der Waals surface area contributed by atoms with Crippen molar-refractivity contribution >= 4 is 32.5 Å². The lowest BCUT2D eigenvalue weighted by Crippen LogP contribution is -2.47. The second kappa shape index (κ2) is 14.5. The van der Waals surface area contributed by atoms with Gasteiger partial charge in [-0.3, -0.25) is 4.79 Å². The average Bonchev–Trinajstić information content (AvgIpc) is 3.36. The van der Waals surface area contributed by atoms with Gasteiger partial charge in [0.25, 0.3) is 5.91 Å². The fourth-order valence-corrected chi connectivity index (χ4v) is 5.78. The zero-order chi connectivity index (χ0) is 32.8. The Hall–Kier alpha value is -3.84. The summed E-state index contributed by atoms with van der Waals surface area (Å²) in [6.07, 6.45) is -1.71. The van der Waals surface area contributed by atoms with Gasteiger partial charge in [-0.25, -0.2) is 13.4 Å². The van der Waals surface area contributed by atoms with Gasteiger partial charge in [0, 0.05) is 44.6 Å². The number of carbonyl (C=O) groups is 1. The number of aliphatic hydroxyl groups excluding tert-OH is 1. The SMILES string of the molecule is COCC(O)CN1CCC(NC(=O)c2cc(C#CCNc3cc(S(C)(=O)=O)ccc3OC)cc3c2ncn3CC(F)(F)F)CC1. The van der Waals surface area contributed by atoms with Crippen molar-refractivity contribution in [1.82, 2.24) is 19.8 Å². The van der Waals surface area contributed by atoms with Crippen LogP contribution < -0.4 is 15.4 Å². The average molecular weight is 652 g/mol. The number of nitrogens with one attached hydrogen (secondary N) is 2. The Bertz CT molecular complexity index is 1670. The number of imidazole rings is 1. The van der Waals surface area contributed by atoms with Crippen LogP contribution in [0.25, 0.3) is 11.0 Å². The lowest BCUT2D eigenvalue weighted by Gasteiger charge is -2.33. The van der Waals surface area contributed by atoms with E-state index in [0.29, 0.717) is 49.5 Å². The Balaban J connectivity index is 1.54. The number of nitrogens with zero attached hydrogens (tertiary/aromatic N) is 3. The van der Waals surface area contributed by atoms with E-state index >= 15 is 0 Å². The molecule has 4 rings (SSSR count). The number of aromatic nitrogens is 2.